The molecule has 2 heterocycles. The summed E-state index contributed by atoms with van der Waals surface area (Å²) in [6.45, 7) is 0.585. The number of benzene rings is 1. The van der Waals surface area contributed by atoms with Crippen molar-refractivity contribution in [3.05, 3.63) is 42.5 Å². The topological polar surface area (TPSA) is 81.6 Å². The third-order valence-electron chi connectivity index (χ3n) is 3.88. The quantitative estimate of drug-likeness (QED) is 0.802. The normalized spacial score (nSPS) is 18.7. The van der Waals surface area contributed by atoms with Crippen LogP contribution in [0.3, 0.4) is 0 Å². The molecular weight excluding hydrogens is 349 g/mol. The van der Waals surface area contributed by atoms with Crippen molar-refractivity contribution in [2.24, 2.45) is 0 Å². The van der Waals surface area contributed by atoms with E-state index >= 15 is 0 Å². The zero-order valence-corrected chi connectivity index (χ0v) is 14.4. The minimum Gasteiger partial charge on any atom is -0.480 e. The third kappa shape index (κ3) is 4.05. The third-order valence-corrected chi connectivity index (χ3v) is 5.76. The number of methoxy groups -OCH3 is 1. The van der Waals surface area contributed by atoms with Crippen LogP contribution in [-0.4, -0.2) is 49.0 Å². The highest BCUT2D eigenvalue weighted by Gasteiger charge is 2.31. The Labute approximate surface area is 145 Å². The van der Waals surface area contributed by atoms with E-state index < -0.39 is 15.8 Å². The van der Waals surface area contributed by atoms with Crippen molar-refractivity contribution in [1.82, 2.24) is 14.3 Å². The van der Waals surface area contributed by atoms with Crippen LogP contribution in [0.25, 0.3) is 0 Å². The molecule has 1 unspecified atom stereocenters. The van der Waals surface area contributed by atoms with Crippen LogP contribution in [0, 0.1) is 5.82 Å². The molecule has 1 saturated heterocycles. The second-order valence-electron chi connectivity index (χ2n) is 5.60. The summed E-state index contributed by atoms with van der Waals surface area (Å²) in [6, 6.07) is 4.80. The standard InChI is InChI=1S/C16H18FN3O4S/c1-23-15-9-18-10-16(19-15)24-13-3-2-8-20(11-13)25(21,22)14-6-4-12(17)5-7-14/h4-7,9-10,13H,2-3,8,11H2,1H3. The van der Waals surface area contributed by atoms with Crippen LogP contribution >= 0.6 is 0 Å². The van der Waals surface area contributed by atoms with Gasteiger partial charge in [-0.05, 0) is 37.1 Å². The fourth-order valence-electron chi connectivity index (χ4n) is 2.63. The Kier molecular flexibility index (Phi) is 5.14. The summed E-state index contributed by atoms with van der Waals surface area (Å²) in [7, 11) is -2.21. The molecule has 9 heteroatoms. The molecule has 7 nitrogen and oxygen atoms in total. The Hall–Kier alpha value is -2.26. The van der Waals surface area contributed by atoms with Gasteiger partial charge in [0.2, 0.25) is 21.8 Å². The van der Waals surface area contributed by atoms with E-state index in [4.69, 9.17) is 9.47 Å². The summed E-state index contributed by atoms with van der Waals surface area (Å²) in [5, 5.41) is 0. The lowest BCUT2D eigenvalue weighted by molar-refractivity contribution is 0.123. The lowest BCUT2D eigenvalue weighted by Crippen LogP contribution is -2.44. The van der Waals surface area contributed by atoms with Crippen molar-refractivity contribution < 1.29 is 22.3 Å². The molecule has 0 amide bonds. The van der Waals surface area contributed by atoms with E-state index in [1.807, 2.05) is 0 Å². The molecule has 1 aliphatic heterocycles. The first-order valence-corrected chi connectivity index (χ1v) is 9.21. The number of halogens is 1. The average Bonchev–Trinajstić information content (AvgIpc) is 2.62. The first kappa shape index (κ1) is 17.6. The number of rotatable bonds is 5. The molecule has 3 rings (SSSR count). The van der Waals surface area contributed by atoms with Gasteiger partial charge in [-0.2, -0.15) is 9.29 Å². The van der Waals surface area contributed by atoms with E-state index in [-0.39, 0.29) is 23.4 Å². The molecule has 25 heavy (non-hydrogen) atoms. The van der Waals surface area contributed by atoms with Gasteiger partial charge in [0.05, 0.1) is 30.9 Å². The summed E-state index contributed by atoms with van der Waals surface area (Å²) in [4.78, 5) is 8.15. The summed E-state index contributed by atoms with van der Waals surface area (Å²) in [6.07, 6.45) is 3.93. The lowest BCUT2D eigenvalue weighted by Gasteiger charge is -2.31. The summed E-state index contributed by atoms with van der Waals surface area (Å²) < 4.78 is 50.5. The number of hydrogen-bond donors (Lipinski definition) is 0. The second kappa shape index (κ2) is 7.32. The number of aromatic nitrogens is 2. The van der Waals surface area contributed by atoms with Crippen LogP contribution in [0.1, 0.15) is 12.8 Å². The van der Waals surface area contributed by atoms with E-state index in [2.05, 4.69) is 9.97 Å². The van der Waals surface area contributed by atoms with Gasteiger partial charge in [-0.1, -0.05) is 0 Å². The molecule has 1 aliphatic rings. The first-order valence-electron chi connectivity index (χ1n) is 7.77. The molecule has 0 bridgehead atoms. The van der Waals surface area contributed by atoms with Crippen LogP contribution in [-0.2, 0) is 10.0 Å². The van der Waals surface area contributed by atoms with Gasteiger partial charge in [-0.3, -0.25) is 4.98 Å². The minimum absolute atomic E-state index is 0.0655. The SMILES string of the molecule is COc1cncc(OC2CCCN(S(=O)(=O)c3ccc(F)cc3)C2)n1. The Morgan fingerprint density at radius 2 is 1.92 bits per heavy atom. The molecule has 1 aromatic heterocycles. The highest BCUT2D eigenvalue weighted by molar-refractivity contribution is 7.89. The number of hydrogen-bond acceptors (Lipinski definition) is 6. The Morgan fingerprint density at radius 3 is 2.64 bits per heavy atom. The van der Waals surface area contributed by atoms with Crippen molar-refractivity contribution in [1.29, 1.82) is 0 Å². The zero-order chi connectivity index (χ0) is 17.9. The number of ether oxygens (including phenoxy) is 2. The Balaban J connectivity index is 1.73. The van der Waals surface area contributed by atoms with Gasteiger partial charge in [0.25, 0.3) is 0 Å². The summed E-state index contributed by atoms with van der Waals surface area (Å²) >= 11 is 0. The Morgan fingerprint density at radius 1 is 1.20 bits per heavy atom. The minimum atomic E-state index is -3.69. The molecule has 0 radical (unpaired) electrons. The van der Waals surface area contributed by atoms with Crippen molar-refractivity contribution in [3.63, 3.8) is 0 Å². The fourth-order valence-corrected chi connectivity index (χ4v) is 4.14. The molecule has 1 atom stereocenters. The van der Waals surface area contributed by atoms with E-state index in [0.717, 1.165) is 12.1 Å². The van der Waals surface area contributed by atoms with Crippen molar-refractivity contribution in [2.75, 3.05) is 20.2 Å². The predicted octanol–water partition coefficient (Wildman–Crippen LogP) is 1.86. The van der Waals surface area contributed by atoms with Crippen LogP contribution in [0.4, 0.5) is 4.39 Å². The smallest absolute Gasteiger partial charge is 0.243 e. The highest BCUT2D eigenvalue weighted by Crippen LogP contribution is 2.23. The largest absolute Gasteiger partial charge is 0.480 e. The second-order valence-corrected chi connectivity index (χ2v) is 7.54. The molecule has 1 fully saturated rings. The number of sulfonamides is 1. The summed E-state index contributed by atoms with van der Waals surface area (Å²) in [5.41, 5.74) is 0. The maximum absolute atomic E-state index is 13.0. The van der Waals surface area contributed by atoms with Crippen molar-refractivity contribution in [3.8, 4) is 11.8 Å². The van der Waals surface area contributed by atoms with Gasteiger partial charge < -0.3 is 9.47 Å². The van der Waals surface area contributed by atoms with Crippen molar-refractivity contribution in [2.45, 2.75) is 23.8 Å². The molecule has 2 aromatic rings. The van der Waals surface area contributed by atoms with Gasteiger partial charge in [0, 0.05) is 6.54 Å². The maximum atomic E-state index is 13.0. The van der Waals surface area contributed by atoms with E-state index in [0.29, 0.717) is 25.3 Å². The molecule has 0 aliphatic carbocycles. The fraction of sp³-hybridized carbons (Fsp3) is 0.375. The van der Waals surface area contributed by atoms with Crippen molar-refractivity contribution >= 4 is 10.0 Å². The van der Waals surface area contributed by atoms with Crippen LogP contribution < -0.4 is 9.47 Å². The summed E-state index contributed by atoms with van der Waals surface area (Å²) in [5.74, 6) is 0.130. The predicted molar refractivity (Wildman–Crippen MR) is 87.4 cm³/mol. The van der Waals surface area contributed by atoms with Gasteiger partial charge in [0.15, 0.2) is 0 Å². The number of piperidine rings is 1. The van der Waals surface area contributed by atoms with Gasteiger partial charge in [-0.15, -0.1) is 0 Å². The van der Waals surface area contributed by atoms with Crippen LogP contribution in [0.15, 0.2) is 41.6 Å². The molecule has 0 spiro atoms. The number of nitrogens with zero attached hydrogens (tertiary/aromatic N) is 3. The molecular formula is C16H18FN3O4S. The Bertz CT molecular complexity index is 830. The van der Waals surface area contributed by atoms with E-state index in [9.17, 15) is 12.8 Å². The van der Waals surface area contributed by atoms with Gasteiger partial charge in [0.1, 0.15) is 11.9 Å². The molecule has 1 aromatic carbocycles. The maximum Gasteiger partial charge on any atom is 0.243 e. The molecule has 0 N–H and O–H groups in total. The van der Waals surface area contributed by atoms with Crippen LogP contribution in [0.2, 0.25) is 0 Å². The molecule has 134 valence electrons. The average molecular weight is 367 g/mol. The monoisotopic (exact) mass is 367 g/mol. The van der Waals surface area contributed by atoms with E-state index in [1.54, 1.807) is 0 Å². The van der Waals surface area contributed by atoms with E-state index in [1.165, 1.54) is 35.9 Å². The zero-order valence-electron chi connectivity index (χ0n) is 13.6. The van der Waals surface area contributed by atoms with Crippen LogP contribution in [0.5, 0.6) is 11.8 Å². The van der Waals surface area contributed by atoms with Gasteiger partial charge >= 0.3 is 0 Å². The highest BCUT2D eigenvalue weighted by atomic mass is 32.2. The molecule has 0 saturated carbocycles. The first-order chi connectivity index (χ1) is 12.0. The lowest BCUT2D eigenvalue weighted by atomic mass is 10.1. The van der Waals surface area contributed by atoms with Gasteiger partial charge in [-0.25, -0.2) is 12.8 Å².